The van der Waals surface area contributed by atoms with E-state index < -0.39 is 11.9 Å². The number of aromatic carboxylic acids is 1. The summed E-state index contributed by atoms with van der Waals surface area (Å²) in [5.41, 5.74) is 11.4. The summed E-state index contributed by atoms with van der Waals surface area (Å²) in [5.74, 6) is -2.03. The van der Waals surface area contributed by atoms with Gasteiger partial charge in [-0.05, 0) is 18.2 Å². The second kappa shape index (κ2) is 3.27. The second-order valence-electron chi connectivity index (χ2n) is 3.35. The van der Waals surface area contributed by atoms with E-state index in [1.54, 1.807) is 12.1 Å². The molecule has 82 valence electrons. The number of anilines is 1. The molecule has 0 spiro atoms. The Labute approximate surface area is 89.8 Å². The lowest BCUT2D eigenvalue weighted by molar-refractivity contribution is 0.0687. The average molecular weight is 219 g/mol. The predicted octanol–water partition coefficient (Wildman–Crippen LogP) is 0.547. The number of nitrogen functional groups attached to an aromatic ring is 1. The molecule has 0 atom stereocenters. The maximum absolute atomic E-state index is 11.2. The number of carboxylic acids is 1. The Morgan fingerprint density at radius 3 is 2.56 bits per heavy atom. The zero-order valence-corrected chi connectivity index (χ0v) is 8.15. The number of aromatic amines is 1. The van der Waals surface area contributed by atoms with Crippen molar-refractivity contribution >= 4 is 28.5 Å². The van der Waals surface area contributed by atoms with Crippen LogP contribution >= 0.6 is 0 Å². The van der Waals surface area contributed by atoms with Gasteiger partial charge in [0.25, 0.3) is 5.91 Å². The number of benzene rings is 1. The number of hydrogen-bond donors (Lipinski definition) is 4. The highest BCUT2D eigenvalue weighted by molar-refractivity contribution is 6.14. The topological polar surface area (TPSA) is 122 Å². The molecule has 1 aromatic heterocycles. The number of H-pyrrole nitrogens is 1. The monoisotopic (exact) mass is 219 g/mol. The molecule has 0 saturated carbocycles. The van der Waals surface area contributed by atoms with E-state index in [1.807, 2.05) is 0 Å². The van der Waals surface area contributed by atoms with Crippen molar-refractivity contribution in [3.63, 3.8) is 0 Å². The summed E-state index contributed by atoms with van der Waals surface area (Å²) in [6.45, 7) is 0. The minimum Gasteiger partial charge on any atom is -0.477 e. The SMILES string of the molecule is NC(=O)c1c(C(=O)O)[nH]c2ccc(N)cc12. The molecule has 6 nitrogen and oxygen atoms in total. The van der Waals surface area contributed by atoms with Gasteiger partial charge in [0.2, 0.25) is 0 Å². The van der Waals surface area contributed by atoms with E-state index in [0.717, 1.165) is 0 Å². The van der Waals surface area contributed by atoms with Crippen molar-refractivity contribution in [2.45, 2.75) is 0 Å². The first kappa shape index (κ1) is 10.0. The minimum absolute atomic E-state index is 0.0465. The van der Waals surface area contributed by atoms with Crippen molar-refractivity contribution in [3.05, 3.63) is 29.5 Å². The number of fused-ring (bicyclic) bond motifs is 1. The van der Waals surface area contributed by atoms with Crippen LogP contribution in [0.2, 0.25) is 0 Å². The second-order valence-corrected chi connectivity index (χ2v) is 3.35. The van der Waals surface area contributed by atoms with Crippen LogP contribution in [0.5, 0.6) is 0 Å². The molecule has 1 amide bonds. The standard InChI is InChI=1S/C10H9N3O3/c11-4-1-2-6-5(3-4)7(9(12)14)8(13-6)10(15)16/h1-3,13H,11H2,(H2,12,14)(H,15,16). The molecule has 0 aliphatic heterocycles. The number of carboxylic acid groups (broad SMARTS) is 1. The number of nitrogens with two attached hydrogens (primary N) is 2. The Morgan fingerprint density at radius 1 is 1.31 bits per heavy atom. The van der Waals surface area contributed by atoms with Gasteiger partial charge >= 0.3 is 5.97 Å². The third-order valence-electron chi connectivity index (χ3n) is 2.28. The van der Waals surface area contributed by atoms with Gasteiger partial charge in [-0.1, -0.05) is 0 Å². The van der Waals surface area contributed by atoms with Gasteiger partial charge in [0.15, 0.2) is 0 Å². The number of primary amides is 1. The summed E-state index contributed by atoms with van der Waals surface area (Å²) >= 11 is 0. The van der Waals surface area contributed by atoms with Crippen LogP contribution in [0.25, 0.3) is 10.9 Å². The third-order valence-corrected chi connectivity index (χ3v) is 2.28. The van der Waals surface area contributed by atoms with Crippen LogP contribution in [0.3, 0.4) is 0 Å². The first-order valence-corrected chi connectivity index (χ1v) is 4.45. The van der Waals surface area contributed by atoms with E-state index >= 15 is 0 Å². The maximum atomic E-state index is 11.2. The summed E-state index contributed by atoms with van der Waals surface area (Å²) in [6, 6.07) is 4.72. The fourth-order valence-electron chi connectivity index (χ4n) is 1.63. The molecule has 0 aliphatic carbocycles. The number of carbonyl (C=O) groups excluding carboxylic acids is 1. The van der Waals surface area contributed by atoms with Gasteiger partial charge in [-0.3, -0.25) is 4.79 Å². The Balaban J connectivity index is 2.88. The maximum Gasteiger partial charge on any atom is 0.353 e. The molecule has 0 bridgehead atoms. The summed E-state index contributed by atoms with van der Waals surface area (Å²) < 4.78 is 0. The normalized spacial score (nSPS) is 10.5. The zero-order valence-electron chi connectivity index (χ0n) is 8.15. The predicted molar refractivity (Wildman–Crippen MR) is 58.2 cm³/mol. The number of aromatic nitrogens is 1. The lowest BCUT2D eigenvalue weighted by Crippen LogP contribution is -2.15. The van der Waals surface area contributed by atoms with Crippen molar-refractivity contribution in [2.24, 2.45) is 5.73 Å². The molecule has 2 aromatic rings. The highest BCUT2D eigenvalue weighted by atomic mass is 16.4. The van der Waals surface area contributed by atoms with Crippen LogP contribution in [-0.2, 0) is 0 Å². The number of nitrogens with one attached hydrogen (secondary N) is 1. The van der Waals surface area contributed by atoms with Gasteiger partial charge in [0.1, 0.15) is 5.69 Å². The molecule has 1 heterocycles. The van der Waals surface area contributed by atoms with Crippen molar-refractivity contribution in [1.29, 1.82) is 0 Å². The summed E-state index contributed by atoms with van der Waals surface area (Å²) in [4.78, 5) is 24.7. The van der Waals surface area contributed by atoms with E-state index in [2.05, 4.69) is 4.98 Å². The average Bonchev–Trinajstić information content (AvgIpc) is 2.55. The summed E-state index contributed by atoms with van der Waals surface area (Å²) in [5, 5.41) is 9.34. The molecule has 6 N–H and O–H groups in total. The van der Waals surface area contributed by atoms with Crippen LogP contribution in [0.1, 0.15) is 20.8 Å². The molecule has 16 heavy (non-hydrogen) atoms. The number of carbonyl (C=O) groups is 2. The number of amides is 1. The summed E-state index contributed by atoms with van der Waals surface area (Å²) in [7, 11) is 0. The molecule has 6 heteroatoms. The molecule has 0 radical (unpaired) electrons. The van der Waals surface area contributed by atoms with Crippen LogP contribution in [-0.4, -0.2) is 22.0 Å². The quantitative estimate of drug-likeness (QED) is 0.550. The number of rotatable bonds is 2. The lowest BCUT2D eigenvalue weighted by atomic mass is 10.1. The Morgan fingerprint density at radius 2 is 2.00 bits per heavy atom. The van der Waals surface area contributed by atoms with E-state index in [-0.39, 0.29) is 11.3 Å². The fraction of sp³-hybridized carbons (Fsp3) is 0. The first-order chi connectivity index (χ1) is 7.50. The molecular weight excluding hydrogens is 210 g/mol. The third kappa shape index (κ3) is 1.36. The highest BCUT2D eigenvalue weighted by Gasteiger charge is 2.20. The molecule has 1 aromatic carbocycles. The van der Waals surface area contributed by atoms with Gasteiger partial charge in [-0.15, -0.1) is 0 Å². The van der Waals surface area contributed by atoms with Crippen LogP contribution in [0.15, 0.2) is 18.2 Å². The minimum atomic E-state index is -1.23. The molecule has 0 aliphatic rings. The van der Waals surface area contributed by atoms with Crippen LogP contribution < -0.4 is 11.5 Å². The Kier molecular flexibility index (Phi) is 2.05. The molecule has 0 unspecified atom stereocenters. The van der Waals surface area contributed by atoms with Gasteiger partial charge in [-0.2, -0.15) is 0 Å². The molecular formula is C10H9N3O3. The van der Waals surface area contributed by atoms with Gasteiger partial charge in [0.05, 0.1) is 5.56 Å². The van der Waals surface area contributed by atoms with Crippen molar-refractivity contribution in [2.75, 3.05) is 5.73 Å². The van der Waals surface area contributed by atoms with Crippen molar-refractivity contribution in [3.8, 4) is 0 Å². The van der Waals surface area contributed by atoms with Gasteiger partial charge in [0, 0.05) is 16.6 Å². The smallest absolute Gasteiger partial charge is 0.353 e. The number of hydrogen-bond acceptors (Lipinski definition) is 3. The van der Waals surface area contributed by atoms with E-state index in [0.29, 0.717) is 16.6 Å². The molecule has 0 saturated heterocycles. The summed E-state index contributed by atoms with van der Waals surface area (Å²) in [6.07, 6.45) is 0. The van der Waals surface area contributed by atoms with Gasteiger partial charge in [-0.25, -0.2) is 4.79 Å². The Hall–Kier alpha value is -2.50. The molecule has 2 rings (SSSR count). The van der Waals surface area contributed by atoms with Gasteiger partial charge < -0.3 is 21.6 Å². The Bertz CT molecular complexity index is 601. The van der Waals surface area contributed by atoms with E-state index in [4.69, 9.17) is 16.6 Å². The van der Waals surface area contributed by atoms with E-state index in [9.17, 15) is 9.59 Å². The van der Waals surface area contributed by atoms with Crippen LogP contribution in [0, 0.1) is 0 Å². The zero-order chi connectivity index (χ0) is 11.9. The lowest BCUT2D eigenvalue weighted by Gasteiger charge is -1.96. The largest absolute Gasteiger partial charge is 0.477 e. The molecule has 0 fully saturated rings. The van der Waals surface area contributed by atoms with Crippen molar-refractivity contribution < 1.29 is 14.7 Å². The highest BCUT2D eigenvalue weighted by Crippen LogP contribution is 2.24. The van der Waals surface area contributed by atoms with Crippen molar-refractivity contribution in [1.82, 2.24) is 4.98 Å². The fourth-order valence-corrected chi connectivity index (χ4v) is 1.63. The van der Waals surface area contributed by atoms with Crippen LogP contribution in [0.4, 0.5) is 5.69 Å². The van der Waals surface area contributed by atoms with E-state index in [1.165, 1.54) is 6.07 Å². The first-order valence-electron chi connectivity index (χ1n) is 4.45.